The molecule has 1 N–H and O–H groups in total. The Morgan fingerprint density at radius 1 is 1.36 bits per heavy atom. The quantitative estimate of drug-likeness (QED) is 0.926. The van der Waals surface area contributed by atoms with E-state index in [1.54, 1.807) is 0 Å². The van der Waals surface area contributed by atoms with Gasteiger partial charge in [0.05, 0.1) is 12.7 Å². The summed E-state index contributed by atoms with van der Waals surface area (Å²) in [5.74, 6) is -1.30. The average Bonchev–Trinajstić information content (AvgIpc) is 2.46. The van der Waals surface area contributed by atoms with Crippen molar-refractivity contribution >= 4 is 5.97 Å². The molecular formula is C14H12F3NO4. The highest BCUT2D eigenvalue weighted by Gasteiger charge is 2.32. The number of alkyl halides is 3. The second-order valence-corrected chi connectivity index (χ2v) is 4.28. The topological polar surface area (TPSA) is 59.0 Å². The average molecular weight is 315 g/mol. The Labute approximate surface area is 123 Å². The SMILES string of the molecule is CON1C(C(=O)O)=CC=CC1Oc1cccc(C(F)(F)F)c1. The van der Waals surface area contributed by atoms with Gasteiger partial charge < -0.3 is 9.84 Å². The summed E-state index contributed by atoms with van der Waals surface area (Å²) >= 11 is 0. The highest BCUT2D eigenvalue weighted by molar-refractivity contribution is 5.86. The molecule has 0 radical (unpaired) electrons. The number of aliphatic carboxylic acids is 1. The fourth-order valence-corrected chi connectivity index (χ4v) is 1.87. The molecule has 1 aromatic carbocycles. The number of benzene rings is 1. The van der Waals surface area contributed by atoms with Crippen LogP contribution in [0.3, 0.4) is 0 Å². The molecule has 1 aliphatic heterocycles. The fourth-order valence-electron chi connectivity index (χ4n) is 1.87. The van der Waals surface area contributed by atoms with E-state index in [4.69, 9.17) is 14.7 Å². The van der Waals surface area contributed by atoms with Gasteiger partial charge in [0.25, 0.3) is 0 Å². The summed E-state index contributed by atoms with van der Waals surface area (Å²) in [6, 6.07) is 4.30. The van der Waals surface area contributed by atoms with Crippen LogP contribution in [-0.2, 0) is 15.8 Å². The zero-order chi connectivity index (χ0) is 16.3. The summed E-state index contributed by atoms with van der Waals surface area (Å²) in [4.78, 5) is 16.0. The lowest BCUT2D eigenvalue weighted by Gasteiger charge is -2.31. The van der Waals surface area contributed by atoms with Crippen LogP contribution in [0.2, 0.25) is 0 Å². The predicted octanol–water partition coefficient (Wildman–Crippen LogP) is 2.81. The number of allylic oxidation sites excluding steroid dienone is 2. The van der Waals surface area contributed by atoms with Gasteiger partial charge in [0.15, 0.2) is 5.70 Å². The lowest BCUT2D eigenvalue weighted by molar-refractivity contribution is -0.181. The van der Waals surface area contributed by atoms with Crippen molar-refractivity contribution in [2.24, 2.45) is 0 Å². The number of nitrogens with zero attached hydrogens (tertiary/aromatic N) is 1. The van der Waals surface area contributed by atoms with E-state index in [0.717, 1.165) is 17.2 Å². The van der Waals surface area contributed by atoms with E-state index in [0.29, 0.717) is 0 Å². The largest absolute Gasteiger partial charge is 0.477 e. The molecule has 0 aromatic heterocycles. The molecule has 1 unspecified atom stereocenters. The summed E-state index contributed by atoms with van der Waals surface area (Å²) < 4.78 is 43.4. The summed E-state index contributed by atoms with van der Waals surface area (Å²) in [7, 11) is 1.23. The number of hydroxylamine groups is 2. The predicted molar refractivity (Wildman–Crippen MR) is 69.6 cm³/mol. The summed E-state index contributed by atoms with van der Waals surface area (Å²) in [6.45, 7) is 0. The first-order chi connectivity index (χ1) is 10.3. The lowest BCUT2D eigenvalue weighted by Crippen LogP contribution is -2.40. The first-order valence-electron chi connectivity index (χ1n) is 6.12. The highest BCUT2D eigenvalue weighted by Crippen LogP contribution is 2.32. The maximum atomic E-state index is 12.7. The minimum absolute atomic E-state index is 0.0573. The lowest BCUT2D eigenvalue weighted by atomic mass is 10.2. The molecule has 0 saturated heterocycles. The van der Waals surface area contributed by atoms with Crippen molar-refractivity contribution in [3.8, 4) is 5.75 Å². The molecule has 1 aromatic rings. The van der Waals surface area contributed by atoms with Crippen molar-refractivity contribution in [2.75, 3.05) is 7.11 Å². The van der Waals surface area contributed by atoms with Gasteiger partial charge in [0, 0.05) is 0 Å². The molecular weight excluding hydrogens is 303 g/mol. The Morgan fingerprint density at radius 3 is 2.68 bits per heavy atom. The third kappa shape index (κ3) is 3.40. The molecule has 0 bridgehead atoms. The Hall–Kier alpha value is -2.48. The fraction of sp³-hybridized carbons (Fsp3) is 0.214. The van der Waals surface area contributed by atoms with E-state index in [1.165, 1.54) is 37.5 Å². The van der Waals surface area contributed by atoms with Gasteiger partial charge in [-0.15, -0.1) is 0 Å². The van der Waals surface area contributed by atoms with Crippen LogP contribution in [0.4, 0.5) is 13.2 Å². The third-order valence-corrected chi connectivity index (χ3v) is 2.83. The number of hydrogen-bond donors (Lipinski definition) is 1. The number of carboxylic acid groups (broad SMARTS) is 1. The van der Waals surface area contributed by atoms with E-state index in [2.05, 4.69) is 0 Å². The number of carbonyl (C=O) groups is 1. The summed E-state index contributed by atoms with van der Waals surface area (Å²) in [6.07, 6.45) is -1.32. The molecule has 8 heteroatoms. The number of rotatable bonds is 4. The van der Waals surface area contributed by atoms with Crippen molar-refractivity contribution in [1.82, 2.24) is 5.06 Å². The Kier molecular flexibility index (Phi) is 4.41. The number of ether oxygens (including phenoxy) is 1. The molecule has 0 amide bonds. The molecule has 0 saturated carbocycles. The smallest absolute Gasteiger partial charge is 0.416 e. The van der Waals surface area contributed by atoms with Gasteiger partial charge in [-0.2, -0.15) is 13.2 Å². The van der Waals surface area contributed by atoms with Crippen LogP contribution < -0.4 is 4.74 Å². The number of hydrogen-bond acceptors (Lipinski definition) is 4. The third-order valence-electron chi connectivity index (χ3n) is 2.83. The normalized spacial score (nSPS) is 18.1. The van der Waals surface area contributed by atoms with Crippen LogP contribution >= 0.6 is 0 Å². The Bertz CT molecular complexity index is 625. The van der Waals surface area contributed by atoms with E-state index in [9.17, 15) is 18.0 Å². The van der Waals surface area contributed by atoms with Crippen LogP contribution in [0.5, 0.6) is 5.75 Å². The molecule has 2 rings (SSSR count). The zero-order valence-electron chi connectivity index (χ0n) is 11.4. The van der Waals surface area contributed by atoms with Gasteiger partial charge in [-0.05, 0) is 30.4 Å². The van der Waals surface area contributed by atoms with Gasteiger partial charge in [-0.25, -0.2) is 9.86 Å². The molecule has 1 aliphatic rings. The maximum Gasteiger partial charge on any atom is 0.416 e. The first kappa shape index (κ1) is 15.9. The van der Waals surface area contributed by atoms with Gasteiger partial charge in [0.1, 0.15) is 5.75 Å². The first-order valence-corrected chi connectivity index (χ1v) is 6.12. The molecule has 1 atom stereocenters. The molecule has 5 nitrogen and oxygen atoms in total. The van der Waals surface area contributed by atoms with Crippen LogP contribution in [0.1, 0.15) is 5.56 Å². The molecule has 22 heavy (non-hydrogen) atoms. The maximum absolute atomic E-state index is 12.7. The number of carboxylic acids is 1. The standard InChI is InChI=1S/C14H12F3NO4/c1-21-18-11(13(19)20)6-3-7-12(18)22-10-5-2-4-9(8-10)14(15,16)17/h2-8,12H,1H3,(H,19,20). The molecule has 118 valence electrons. The Morgan fingerprint density at radius 2 is 2.09 bits per heavy atom. The summed E-state index contributed by atoms with van der Waals surface area (Å²) in [5.41, 5.74) is -1.05. The van der Waals surface area contributed by atoms with Gasteiger partial charge in [-0.3, -0.25) is 4.84 Å². The van der Waals surface area contributed by atoms with Crippen molar-refractivity contribution < 1.29 is 32.6 Å². The van der Waals surface area contributed by atoms with E-state index < -0.39 is 23.9 Å². The van der Waals surface area contributed by atoms with Crippen molar-refractivity contribution in [3.05, 3.63) is 53.8 Å². The number of halogens is 3. The molecule has 0 fully saturated rings. The van der Waals surface area contributed by atoms with Crippen LogP contribution in [0.25, 0.3) is 0 Å². The van der Waals surface area contributed by atoms with Crippen LogP contribution in [0.15, 0.2) is 48.2 Å². The second-order valence-electron chi connectivity index (χ2n) is 4.28. The molecule has 1 heterocycles. The van der Waals surface area contributed by atoms with Gasteiger partial charge >= 0.3 is 12.1 Å². The van der Waals surface area contributed by atoms with Gasteiger partial charge in [0.2, 0.25) is 6.23 Å². The van der Waals surface area contributed by atoms with Crippen molar-refractivity contribution in [3.63, 3.8) is 0 Å². The Balaban J connectivity index is 2.22. The minimum atomic E-state index is -4.49. The van der Waals surface area contributed by atoms with Crippen molar-refractivity contribution in [1.29, 1.82) is 0 Å². The zero-order valence-corrected chi connectivity index (χ0v) is 11.4. The highest BCUT2D eigenvalue weighted by atomic mass is 19.4. The monoisotopic (exact) mass is 315 g/mol. The minimum Gasteiger partial charge on any atom is -0.477 e. The van der Waals surface area contributed by atoms with Crippen molar-refractivity contribution in [2.45, 2.75) is 12.4 Å². The van der Waals surface area contributed by atoms with E-state index in [1.807, 2.05) is 0 Å². The van der Waals surface area contributed by atoms with Crippen LogP contribution in [0, 0.1) is 0 Å². The second kappa shape index (κ2) is 6.10. The van der Waals surface area contributed by atoms with Crippen LogP contribution in [-0.4, -0.2) is 29.5 Å². The molecule has 0 aliphatic carbocycles. The summed E-state index contributed by atoms with van der Waals surface area (Å²) in [5, 5.41) is 9.99. The molecule has 0 spiro atoms. The van der Waals surface area contributed by atoms with Gasteiger partial charge in [-0.1, -0.05) is 12.1 Å². The van der Waals surface area contributed by atoms with E-state index in [-0.39, 0.29) is 11.4 Å². The van der Waals surface area contributed by atoms with E-state index >= 15 is 0 Å².